The predicted molar refractivity (Wildman–Crippen MR) is 139 cm³/mol. The zero-order valence-electron chi connectivity index (χ0n) is 18.8. The molecule has 2 bridgehead atoms. The molecule has 4 saturated heterocycles. The highest BCUT2D eigenvalue weighted by Crippen LogP contribution is 2.67. The zero-order valence-corrected chi connectivity index (χ0v) is 21.2. The molecule has 0 N–H and O–H groups in total. The molecule has 0 radical (unpaired) electrons. The van der Waals surface area contributed by atoms with Crippen LogP contribution in [0.25, 0.3) is 0 Å². The van der Waals surface area contributed by atoms with E-state index in [1.165, 1.54) is 29.1 Å². The summed E-state index contributed by atoms with van der Waals surface area (Å²) in [6.45, 7) is 4.03. The summed E-state index contributed by atoms with van der Waals surface area (Å²) in [5.41, 5.74) is 3.02. The summed E-state index contributed by atoms with van der Waals surface area (Å²) in [7, 11) is 1.75. The normalized spacial score (nSPS) is 34.5. The van der Waals surface area contributed by atoms with Crippen LogP contribution in [0.15, 0.2) is 54.6 Å². The average Bonchev–Trinajstić information content (AvgIpc) is 3.18. The molecule has 0 aromatic heterocycles. The van der Waals surface area contributed by atoms with Crippen LogP contribution in [0.1, 0.15) is 38.7 Å². The summed E-state index contributed by atoms with van der Waals surface area (Å²) in [4.78, 5) is 32.2. The van der Waals surface area contributed by atoms with Crippen LogP contribution in [0.2, 0.25) is 0 Å². The third-order valence-corrected chi connectivity index (χ3v) is 10.8. The second kappa shape index (κ2) is 6.99. The van der Waals surface area contributed by atoms with E-state index in [-0.39, 0.29) is 23.4 Å². The van der Waals surface area contributed by atoms with Crippen LogP contribution in [0, 0.1) is 0 Å². The highest BCUT2D eigenvalue weighted by Gasteiger charge is 2.76. The van der Waals surface area contributed by atoms with Crippen LogP contribution in [0.4, 0.5) is 11.4 Å². The Labute approximate surface area is 207 Å². The van der Waals surface area contributed by atoms with Crippen LogP contribution in [-0.2, 0) is 15.0 Å². The monoisotopic (exact) mass is 495 g/mol. The number of thiocarbonyl (C=S) groups is 1. The molecule has 0 saturated carbocycles. The Hall–Kier alpha value is -2.03. The lowest BCUT2D eigenvalue weighted by atomic mass is 9.74. The van der Waals surface area contributed by atoms with Crippen LogP contribution in [0.5, 0.6) is 0 Å². The van der Waals surface area contributed by atoms with Crippen molar-refractivity contribution in [2.75, 3.05) is 11.9 Å². The molecule has 2 aromatic rings. The lowest BCUT2D eigenvalue weighted by Crippen LogP contribution is -2.72. The van der Waals surface area contributed by atoms with Crippen molar-refractivity contribution in [3.63, 3.8) is 0 Å². The summed E-state index contributed by atoms with van der Waals surface area (Å²) in [5.74, 6) is -0.0454. The van der Waals surface area contributed by atoms with Crippen molar-refractivity contribution in [2.45, 2.75) is 54.4 Å². The van der Waals surface area contributed by atoms with Gasteiger partial charge >= 0.3 is 0 Å². The second-order valence-corrected chi connectivity index (χ2v) is 13.3. The third kappa shape index (κ3) is 2.49. The van der Waals surface area contributed by atoms with Crippen molar-refractivity contribution < 1.29 is 9.59 Å². The molecule has 5 nitrogen and oxygen atoms in total. The van der Waals surface area contributed by atoms with Crippen LogP contribution < -0.4 is 4.90 Å². The second-order valence-electron chi connectivity index (χ2n) is 9.44. The van der Waals surface area contributed by atoms with E-state index in [0.29, 0.717) is 9.95 Å². The van der Waals surface area contributed by atoms with E-state index in [1.807, 2.05) is 30.0 Å². The lowest BCUT2D eigenvalue weighted by molar-refractivity contribution is -0.163. The first-order valence-electron chi connectivity index (χ1n) is 11.3. The first-order valence-corrected chi connectivity index (χ1v) is 13.3. The van der Waals surface area contributed by atoms with Gasteiger partial charge < -0.3 is 9.80 Å². The van der Waals surface area contributed by atoms with Gasteiger partial charge in [-0.05, 0) is 37.1 Å². The fourth-order valence-electron chi connectivity index (χ4n) is 6.39. The van der Waals surface area contributed by atoms with E-state index >= 15 is 0 Å². The first-order chi connectivity index (χ1) is 15.8. The number of rotatable bonds is 3. The molecular formula is C25H25N3O2S3. The number of thioether (sulfide) groups is 2. The molecule has 5 heterocycles. The number of anilines is 2. The van der Waals surface area contributed by atoms with E-state index in [4.69, 9.17) is 12.2 Å². The number of carbonyl (C=O) groups excluding carboxylic acids is 2. The van der Waals surface area contributed by atoms with Crippen molar-refractivity contribution in [2.24, 2.45) is 0 Å². The van der Waals surface area contributed by atoms with Gasteiger partial charge in [0.2, 0.25) is 0 Å². The summed E-state index contributed by atoms with van der Waals surface area (Å²) in [5, 5.41) is 0. The number of para-hydroxylation sites is 2. The molecule has 2 amide bonds. The van der Waals surface area contributed by atoms with Crippen molar-refractivity contribution in [1.29, 1.82) is 0 Å². The molecular weight excluding hydrogens is 470 g/mol. The van der Waals surface area contributed by atoms with Gasteiger partial charge in [0.25, 0.3) is 11.8 Å². The van der Waals surface area contributed by atoms with Crippen LogP contribution in [0.3, 0.4) is 0 Å². The minimum Gasteiger partial charge on any atom is -0.320 e. The quantitative estimate of drug-likeness (QED) is 0.553. The molecule has 33 heavy (non-hydrogen) atoms. The first kappa shape index (κ1) is 21.5. The summed E-state index contributed by atoms with van der Waals surface area (Å²) >= 11 is 8.48. The average molecular weight is 496 g/mol. The maximum absolute atomic E-state index is 14.3. The fourth-order valence-corrected chi connectivity index (χ4v) is 10.2. The number of benzene rings is 2. The van der Waals surface area contributed by atoms with Gasteiger partial charge in [-0.25, -0.2) is 0 Å². The standard InChI is InChI=1S/C25H25N3O2S3/c1-4-14-24-15-25-21(30)26(3)23(2,32-22(31)33-25)20(29)28(25)19(24)27(16-10-6-5-7-11-16)18-13-9-8-12-17(18)24/h5-13,19H,4,14-15H2,1-3H3/t19?,23?,24-,25?/m0/s1. The Morgan fingerprint density at radius 1 is 1.03 bits per heavy atom. The number of amides is 2. The van der Waals surface area contributed by atoms with Crippen molar-refractivity contribution in [3.05, 3.63) is 60.2 Å². The van der Waals surface area contributed by atoms with Crippen LogP contribution in [-0.4, -0.2) is 48.1 Å². The zero-order chi connectivity index (χ0) is 23.2. The Morgan fingerprint density at radius 2 is 1.73 bits per heavy atom. The summed E-state index contributed by atoms with van der Waals surface area (Å²) < 4.78 is 0.664. The van der Waals surface area contributed by atoms with Crippen molar-refractivity contribution in [3.8, 4) is 0 Å². The Balaban J connectivity index is 1.67. The van der Waals surface area contributed by atoms with E-state index in [9.17, 15) is 9.59 Å². The summed E-state index contributed by atoms with van der Waals surface area (Å²) in [6, 6.07) is 18.7. The smallest absolute Gasteiger partial charge is 0.262 e. The number of nitrogens with zero attached hydrogens (tertiary/aromatic N) is 3. The van der Waals surface area contributed by atoms with Gasteiger partial charge in [0.15, 0.2) is 9.74 Å². The van der Waals surface area contributed by atoms with Crippen molar-refractivity contribution in [1.82, 2.24) is 9.80 Å². The molecule has 0 aliphatic carbocycles. The highest BCUT2D eigenvalue weighted by molar-refractivity contribution is 8.48. The maximum atomic E-state index is 14.3. The van der Waals surface area contributed by atoms with Gasteiger partial charge in [-0.15, -0.1) is 0 Å². The predicted octanol–water partition coefficient (Wildman–Crippen LogP) is 5.08. The molecule has 7 rings (SSSR count). The van der Waals surface area contributed by atoms with E-state index in [0.717, 1.165) is 24.2 Å². The fraction of sp³-hybridized carbons (Fsp3) is 0.400. The number of piperazine rings is 1. The van der Waals surface area contributed by atoms with Gasteiger partial charge in [0, 0.05) is 30.3 Å². The van der Waals surface area contributed by atoms with Crippen LogP contribution >= 0.6 is 35.7 Å². The number of likely N-dealkylation sites (N-methyl/N-ethyl adjacent to an activating group) is 1. The van der Waals surface area contributed by atoms with E-state index < -0.39 is 9.74 Å². The summed E-state index contributed by atoms with van der Waals surface area (Å²) in [6.07, 6.45) is 2.12. The minimum absolute atomic E-state index is 0.0164. The molecule has 4 fully saturated rings. The van der Waals surface area contributed by atoms with Crippen molar-refractivity contribution >= 4 is 62.5 Å². The third-order valence-electron chi connectivity index (χ3n) is 7.79. The number of hydrogen-bond acceptors (Lipinski definition) is 6. The number of carbonyl (C=O) groups is 2. The van der Waals surface area contributed by atoms with E-state index in [2.05, 4.69) is 48.2 Å². The van der Waals surface area contributed by atoms with Gasteiger partial charge in [-0.2, -0.15) is 0 Å². The molecule has 8 heteroatoms. The molecule has 4 atom stereocenters. The van der Waals surface area contributed by atoms with Gasteiger partial charge in [0.05, 0.1) is 0 Å². The maximum Gasteiger partial charge on any atom is 0.262 e. The topological polar surface area (TPSA) is 43.9 Å². The number of fused-ring (bicyclic) bond motifs is 6. The lowest BCUT2D eigenvalue weighted by Gasteiger charge is -2.51. The SMILES string of the molecule is CCC[C@@]12CC34SC(=S)SC(C)(C(=O)N3C1N(c1ccccc1)c1ccccc12)N(C)C4=O. The number of hydrogen-bond donors (Lipinski definition) is 0. The Kier molecular flexibility index (Phi) is 4.56. The van der Waals surface area contributed by atoms with E-state index in [1.54, 1.807) is 11.9 Å². The minimum atomic E-state index is -1.04. The molecule has 2 aromatic carbocycles. The molecule has 5 aliphatic rings. The Morgan fingerprint density at radius 3 is 2.45 bits per heavy atom. The van der Waals surface area contributed by atoms with Gasteiger partial charge in [-0.3, -0.25) is 14.5 Å². The molecule has 5 aliphatic heterocycles. The molecule has 170 valence electrons. The largest absolute Gasteiger partial charge is 0.320 e. The molecule has 1 spiro atoms. The molecule has 3 unspecified atom stereocenters. The highest BCUT2D eigenvalue weighted by atomic mass is 32.2. The Bertz CT molecular complexity index is 1210. The van der Waals surface area contributed by atoms with Gasteiger partial charge in [-0.1, -0.05) is 85.5 Å². The van der Waals surface area contributed by atoms with Gasteiger partial charge in [0.1, 0.15) is 9.69 Å².